The van der Waals surface area contributed by atoms with E-state index < -0.39 is 0 Å². The highest BCUT2D eigenvalue weighted by Gasteiger charge is 2.33. The molecule has 2 aromatic rings. The second-order valence-corrected chi connectivity index (χ2v) is 7.19. The number of ether oxygens (including phenoxy) is 1. The van der Waals surface area contributed by atoms with Crippen molar-refractivity contribution in [3.05, 3.63) is 40.9 Å². The van der Waals surface area contributed by atoms with Gasteiger partial charge in [-0.05, 0) is 25.0 Å². The summed E-state index contributed by atoms with van der Waals surface area (Å²) in [6.45, 7) is 5.31. The maximum atomic E-state index is 12.8. The van der Waals surface area contributed by atoms with Gasteiger partial charge in [-0.25, -0.2) is 4.98 Å². The number of para-hydroxylation sites is 1. The number of carbonyl (C=O) groups is 1. The molecule has 6 heteroatoms. The van der Waals surface area contributed by atoms with Crippen molar-refractivity contribution in [2.45, 2.75) is 25.9 Å². The molecule has 1 atom stereocenters. The molecule has 2 aliphatic rings. The zero-order chi connectivity index (χ0) is 16.5. The summed E-state index contributed by atoms with van der Waals surface area (Å²) < 4.78 is 5.86. The summed E-state index contributed by atoms with van der Waals surface area (Å²) in [7, 11) is 0. The Kier molecular flexibility index (Phi) is 4.14. The maximum absolute atomic E-state index is 12.8. The van der Waals surface area contributed by atoms with Crippen LogP contribution in [-0.2, 0) is 11.2 Å². The number of nitrogens with zero attached hydrogens (tertiary/aromatic N) is 3. The molecule has 1 amide bonds. The standard InChI is InChI=1S/C18H21N3O2S/c1-13-12-24-18(19-13)21-8-4-7-20(9-10-21)17(22)16-11-14-5-2-3-6-15(14)23-16/h2-3,5-6,12,16H,4,7-11H2,1H3/t16-/m0/s1. The van der Waals surface area contributed by atoms with E-state index in [0.717, 1.165) is 54.7 Å². The number of aromatic nitrogens is 1. The Hall–Kier alpha value is -2.08. The summed E-state index contributed by atoms with van der Waals surface area (Å²) in [5.74, 6) is 0.967. The van der Waals surface area contributed by atoms with Crippen LogP contribution in [-0.4, -0.2) is 48.1 Å². The third-order valence-corrected chi connectivity index (χ3v) is 5.63. The molecule has 3 heterocycles. The molecular weight excluding hydrogens is 322 g/mol. The van der Waals surface area contributed by atoms with Gasteiger partial charge < -0.3 is 14.5 Å². The van der Waals surface area contributed by atoms with Crippen LogP contribution in [0.4, 0.5) is 5.13 Å². The third kappa shape index (κ3) is 2.98. The Labute approximate surface area is 145 Å². The van der Waals surface area contributed by atoms with Gasteiger partial charge in [-0.1, -0.05) is 18.2 Å². The zero-order valence-electron chi connectivity index (χ0n) is 13.8. The first-order valence-electron chi connectivity index (χ1n) is 8.41. The minimum atomic E-state index is -0.365. The predicted octanol–water partition coefficient (Wildman–Crippen LogP) is 2.49. The van der Waals surface area contributed by atoms with Crippen molar-refractivity contribution < 1.29 is 9.53 Å². The lowest BCUT2D eigenvalue weighted by Crippen LogP contribution is -2.43. The van der Waals surface area contributed by atoms with Crippen LogP contribution in [0, 0.1) is 6.92 Å². The summed E-state index contributed by atoms with van der Waals surface area (Å²) in [6.07, 6.45) is 1.28. The Morgan fingerprint density at radius 1 is 1.25 bits per heavy atom. The van der Waals surface area contributed by atoms with Gasteiger partial charge in [-0.3, -0.25) is 4.79 Å². The first-order valence-corrected chi connectivity index (χ1v) is 9.29. The normalized spacial score (nSPS) is 20.5. The van der Waals surface area contributed by atoms with Gasteiger partial charge in [0.1, 0.15) is 5.75 Å². The van der Waals surface area contributed by atoms with Gasteiger partial charge in [0.15, 0.2) is 11.2 Å². The van der Waals surface area contributed by atoms with Crippen LogP contribution in [0.15, 0.2) is 29.6 Å². The Morgan fingerprint density at radius 2 is 2.12 bits per heavy atom. The first kappa shape index (κ1) is 15.4. The molecule has 0 radical (unpaired) electrons. The quantitative estimate of drug-likeness (QED) is 0.840. The molecule has 24 heavy (non-hydrogen) atoms. The van der Waals surface area contributed by atoms with Gasteiger partial charge in [0.25, 0.3) is 5.91 Å². The van der Waals surface area contributed by atoms with Gasteiger partial charge in [0.2, 0.25) is 0 Å². The first-order chi connectivity index (χ1) is 11.7. The van der Waals surface area contributed by atoms with Crippen molar-refractivity contribution in [3.8, 4) is 5.75 Å². The minimum Gasteiger partial charge on any atom is -0.480 e. The molecular formula is C18H21N3O2S. The molecule has 1 aromatic carbocycles. The third-order valence-electron chi connectivity index (χ3n) is 4.61. The summed E-state index contributed by atoms with van der Waals surface area (Å²) in [5, 5.41) is 3.14. The fourth-order valence-electron chi connectivity index (χ4n) is 3.34. The van der Waals surface area contributed by atoms with Crippen molar-refractivity contribution in [1.29, 1.82) is 0 Å². The lowest BCUT2D eigenvalue weighted by atomic mass is 10.1. The molecule has 1 saturated heterocycles. The van der Waals surface area contributed by atoms with Gasteiger partial charge in [-0.2, -0.15) is 0 Å². The number of benzene rings is 1. The summed E-state index contributed by atoms with van der Waals surface area (Å²) in [5.41, 5.74) is 2.19. The van der Waals surface area contributed by atoms with Gasteiger partial charge in [-0.15, -0.1) is 11.3 Å². The van der Waals surface area contributed by atoms with E-state index in [-0.39, 0.29) is 12.0 Å². The second-order valence-electron chi connectivity index (χ2n) is 6.36. The molecule has 0 N–H and O–H groups in total. The second kappa shape index (κ2) is 6.43. The van der Waals surface area contributed by atoms with Crippen LogP contribution < -0.4 is 9.64 Å². The highest BCUT2D eigenvalue weighted by molar-refractivity contribution is 7.13. The Morgan fingerprint density at radius 3 is 2.92 bits per heavy atom. The number of carbonyl (C=O) groups excluding carboxylic acids is 1. The fraction of sp³-hybridized carbons (Fsp3) is 0.444. The molecule has 2 aliphatic heterocycles. The van der Waals surface area contributed by atoms with Crippen LogP contribution in [0.5, 0.6) is 5.75 Å². The largest absolute Gasteiger partial charge is 0.480 e. The molecule has 0 unspecified atom stereocenters. The zero-order valence-corrected chi connectivity index (χ0v) is 14.6. The molecule has 126 valence electrons. The van der Waals surface area contributed by atoms with Crippen molar-refractivity contribution in [2.75, 3.05) is 31.1 Å². The molecule has 0 saturated carbocycles. The number of aryl methyl sites for hydroxylation is 1. The van der Waals surface area contributed by atoms with Crippen LogP contribution >= 0.6 is 11.3 Å². The van der Waals surface area contributed by atoms with E-state index in [1.165, 1.54) is 0 Å². The summed E-state index contributed by atoms with van der Waals surface area (Å²) in [6, 6.07) is 7.93. The molecule has 0 bridgehead atoms. The Bertz CT molecular complexity index is 720. The number of rotatable bonds is 2. The van der Waals surface area contributed by atoms with E-state index in [4.69, 9.17) is 4.74 Å². The number of hydrogen-bond donors (Lipinski definition) is 0. The van der Waals surface area contributed by atoms with Crippen molar-refractivity contribution >= 4 is 22.4 Å². The molecule has 4 rings (SSSR count). The van der Waals surface area contributed by atoms with E-state index in [9.17, 15) is 4.79 Å². The van der Waals surface area contributed by atoms with Crippen molar-refractivity contribution in [1.82, 2.24) is 9.88 Å². The van der Waals surface area contributed by atoms with Crippen LogP contribution in [0.2, 0.25) is 0 Å². The van der Waals surface area contributed by atoms with Crippen LogP contribution in [0.1, 0.15) is 17.7 Å². The van der Waals surface area contributed by atoms with E-state index >= 15 is 0 Å². The highest BCUT2D eigenvalue weighted by atomic mass is 32.1. The molecule has 0 aliphatic carbocycles. The van der Waals surface area contributed by atoms with E-state index in [0.29, 0.717) is 6.42 Å². The van der Waals surface area contributed by atoms with Crippen molar-refractivity contribution in [3.63, 3.8) is 0 Å². The Balaban J connectivity index is 1.40. The van der Waals surface area contributed by atoms with Crippen molar-refractivity contribution in [2.24, 2.45) is 0 Å². The summed E-state index contributed by atoms with van der Waals surface area (Å²) in [4.78, 5) is 21.6. The number of amides is 1. The highest BCUT2D eigenvalue weighted by Crippen LogP contribution is 2.29. The van der Waals surface area contributed by atoms with Gasteiger partial charge in [0, 0.05) is 38.0 Å². The number of anilines is 1. The van der Waals surface area contributed by atoms with Gasteiger partial charge >= 0.3 is 0 Å². The average molecular weight is 343 g/mol. The molecule has 1 aromatic heterocycles. The SMILES string of the molecule is Cc1csc(N2CCCN(C(=O)[C@@H]3Cc4ccccc4O3)CC2)n1. The molecule has 0 spiro atoms. The minimum absolute atomic E-state index is 0.114. The molecule has 5 nitrogen and oxygen atoms in total. The van der Waals surface area contributed by atoms with Gasteiger partial charge in [0.05, 0.1) is 5.69 Å². The fourth-order valence-corrected chi connectivity index (χ4v) is 4.20. The monoisotopic (exact) mass is 343 g/mol. The van der Waals surface area contributed by atoms with E-state index in [1.54, 1.807) is 11.3 Å². The number of hydrogen-bond acceptors (Lipinski definition) is 5. The topological polar surface area (TPSA) is 45.7 Å². The number of fused-ring (bicyclic) bond motifs is 1. The van der Waals surface area contributed by atoms with Crippen LogP contribution in [0.25, 0.3) is 0 Å². The maximum Gasteiger partial charge on any atom is 0.264 e. The van der Waals surface area contributed by atoms with E-state index in [2.05, 4.69) is 15.3 Å². The van der Waals surface area contributed by atoms with Crippen LogP contribution in [0.3, 0.4) is 0 Å². The average Bonchev–Trinajstić information content (AvgIpc) is 3.13. The number of thiazole rings is 1. The lowest BCUT2D eigenvalue weighted by molar-refractivity contribution is -0.137. The predicted molar refractivity (Wildman–Crippen MR) is 94.8 cm³/mol. The summed E-state index contributed by atoms with van der Waals surface area (Å²) >= 11 is 1.68. The lowest BCUT2D eigenvalue weighted by Gasteiger charge is -2.24. The smallest absolute Gasteiger partial charge is 0.264 e. The van der Waals surface area contributed by atoms with E-state index in [1.807, 2.05) is 36.1 Å². The molecule has 1 fully saturated rings.